The van der Waals surface area contributed by atoms with E-state index in [0.29, 0.717) is 21.8 Å². The Morgan fingerprint density at radius 3 is 2.27 bits per heavy atom. The number of benzene rings is 3. The number of amides is 1. The molecule has 40 heavy (non-hydrogen) atoms. The zero-order valence-electron chi connectivity index (χ0n) is 21.1. The van der Waals surface area contributed by atoms with Gasteiger partial charge in [0.25, 0.3) is 5.56 Å². The molecule has 1 amide bonds. The van der Waals surface area contributed by atoms with Gasteiger partial charge in [-0.05, 0) is 60.5 Å². The summed E-state index contributed by atoms with van der Waals surface area (Å²) >= 11 is 6.18. The molecule has 1 heterocycles. The minimum absolute atomic E-state index is 0. The van der Waals surface area contributed by atoms with Crippen molar-refractivity contribution in [1.29, 1.82) is 0 Å². The van der Waals surface area contributed by atoms with E-state index in [0.717, 1.165) is 10.2 Å². The maximum absolute atomic E-state index is 13.5. The second kappa shape index (κ2) is 14.0. The summed E-state index contributed by atoms with van der Waals surface area (Å²) in [6.07, 6.45) is 0.130. The zero-order chi connectivity index (χ0) is 28.1. The third-order valence-corrected chi connectivity index (χ3v) is 6.27. The summed E-state index contributed by atoms with van der Waals surface area (Å²) < 4.78 is 6.53. The van der Waals surface area contributed by atoms with Crippen molar-refractivity contribution in [2.45, 2.75) is 19.4 Å². The molecule has 0 unspecified atom stereocenters. The molecule has 3 aromatic carbocycles. The number of methoxy groups -OCH3 is 1. The molecule has 11 heteroatoms. The van der Waals surface area contributed by atoms with E-state index in [2.05, 4.69) is 10.4 Å². The molecule has 0 aliphatic rings. The van der Waals surface area contributed by atoms with Gasteiger partial charge in [0.1, 0.15) is 6.04 Å². The van der Waals surface area contributed by atoms with E-state index in [-0.39, 0.29) is 80.6 Å². The number of nitrogens with zero attached hydrogens (tertiary/aromatic N) is 2. The number of rotatable bonds is 9. The van der Waals surface area contributed by atoms with Crippen LogP contribution in [0.25, 0.3) is 11.1 Å². The molecular weight excluding hydrogens is 561 g/mol. The number of carboxylic acids is 1. The van der Waals surface area contributed by atoms with E-state index in [4.69, 9.17) is 21.4 Å². The van der Waals surface area contributed by atoms with Crippen molar-refractivity contribution in [3.8, 4) is 17.0 Å². The van der Waals surface area contributed by atoms with Crippen LogP contribution in [-0.4, -0.2) is 91.0 Å². The molecule has 4 aromatic rings. The topological polar surface area (TPSA) is 128 Å². The van der Waals surface area contributed by atoms with Gasteiger partial charge in [0.05, 0.1) is 18.2 Å². The fraction of sp³-hybridized carbons (Fsp3) is 0.138. The molecule has 0 aliphatic heterocycles. The van der Waals surface area contributed by atoms with Gasteiger partial charge in [-0.1, -0.05) is 41.9 Å². The van der Waals surface area contributed by atoms with Crippen LogP contribution in [0.4, 0.5) is 5.69 Å². The van der Waals surface area contributed by atoms with Crippen molar-refractivity contribution in [2.75, 3.05) is 12.4 Å². The molecule has 200 valence electrons. The number of aromatic carboxylic acids is 1. The van der Waals surface area contributed by atoms with Gasteiger partial charge in [-0.25, -0.2) is 9.48 Å². The summed E-state index contributed by atoms with van der Waals surface area (Å²) in [6, 6.07) is 19.6. The van der Waals surface area contributed by atoms with E-state index in [9.17, 15) is 19.2 Å². The van der Waals surface area contributed by atoms with Gasteiger partial charge in [-0.15, -0.1) is 5.10 Å². The van der Waals surface area contributed by atoms with E-state index >= 15 is 0 Å². The van der Waals surface area contributed by atoms with E-state index in [1.54, 1.807) is 18.2 Å². The van der Waals surface area contributed by atoms with Crippen molar-refractivity contribution >= 4 is 86.3 Å². The summed E-state index contributed by atoms with van der Waals surface area (Å²) in [7, 11) is 1.37. The second-order valence-corrected chi connectivity index (χ2v) is 9.11. The summed E-state index contributed by atoms with van der Waals surface area (Å²) in [5.41, 5.74) is 1.57. The molecule has 0 saturated heterocycles. The van der Waals surface area contributed by atoms with E-state index in [1.807, 2.05) is 30.3 Å². The predicted molar refractivity (Wildman–Crippen MR) is 154 cm³/mol. The SMILES string of the molecule is COc1nn([C@@H](Cc2ccccc2)C(=O)Nc2ccc(C(=O)O)cc2)c(=O)cc1-c1cc(Cl)ccc1C(C)=O.[KH]. The fourth-order valence-corrected chi connectivity index (χ4v) is 4.29. The number of ketones is 1. The van der Waals surface area contributed by atoms with Crippen molar-refractivity contribution in [1.82, 2.24) is 9.78 Å². The van der Waals surface area contributed by atoms with Crippen LogP contribution in [0.3, 0.4) is 0 Å². The van der Waals surface area contributed by atoms with E-state index in [1.165, 1.54) is 44.4 Å². The first-order chi connectivity index (χ1) is 18.7. The number of hydrogen-bond acceptors (Lipinski definition) is 6. The van der Waals surface area contributed by atoms with Crippen molar-refractivity contribution in [3.63, 3.8) is 0 Å². The molecule has 2 N–H and O–H groups in total. The second-order valence-electron chi connectivity index (χ2n) is 8.67. The van der Waals surface area contributed by atoms with Crippen LogP contribution in [0.2, 0.25) is 5.02 Å². The van der Waals surface area contributed by atoms with Crippen LogP contribution in [0.15, 0.2) is 83.7 Å². The standard InChI is InChI=1S/C29H24ClN3O6.K.H/c1-17(34)22-13-10-20(30)15-23(22)24-16-26(35)33(32-28(24)39-2)25(14-18-6-4-3-5-7-18)27(36)31-21-11-8-19(9-12-21)29(37)38;;/h3-13,15-16,25H,14H2,1-2H3,(H,31,36)(H,37,38);;/t25-;;/m0../s1. The number of ether oxygens (including phenoxy) is 1. The minimum atomic E-state index is -1.09. The average molecular weight is 586 g/mol. The number of carboxylic acid groups (broad SMARTS) is 1. The van der Waals surface area contributed by atoms with Gasteiger partial charge in [0.2, 0.25) is 11.8 Å². The molecule has 0 aliphatic carbocycles. The number of hydrogen-bond donors (Lipinski definition) is 2. The third kappa shape index (κ3) is 7.33. The Kier molecular flexibility index (Phi) is 11.0. The molecule has 9 nitrogen and oxygen atoms in total. The van der Waals surface area contributed by atoms with Gasteiger partial charge in [-0.2, -0.15) is 0 Å². The molecule has 0 saturated carbocycles. The van der Waals surface area contributed by atoms with Crippen LogP contribution in [0.1, 0.15) is 39.2 Å². The predicted octanol–water partition coefficient (Wildman–Crippen LogP) is 4.25. The fourth-order valence-electron chi connectivity index (χ4n) is 4.11. The number of anilines is 1. The van der Waals surface area contributed by atoms with Crippen LogP contribution < -0.4 is 15.6 Å². The number of carbonyl (C=O) groups is 3. The Hall–Kier alpha value is -3.12. The molecule has 4 rings (SSSR count). The summed E-state index contributed by atoms with van der Waals surface area (Å²) in [5.74, 6) is -1.84. The Morgan fingerprint density at radius 1 is 1.00 bits per heavy atom. The van der Waals surface area contributed by atoms with Crippen LogP contribution in [0, 0.1) is 0 Å². The Balaban J connectivity index is 0.00000441. The quantitative estimate of drug-likeness (QED) is 0.222. The van der Waals surface area contributed by atoms with Crippen LogP contribution in [0.5, 0.6) is 5.88 Å². The first kappa shape index (κ1) is 31.4. The number of aromatic nitrogens is 2. The zero-order valence-corrected chi connectivity index (χ0v) is 21.8. The van der Waals surface area contributed by atoms with Crippen LogP contribution >= 0.6 is 11.6 Å². The number of nitrogens with one attached hydrogen (secondary N) is 1. The molecular formula is C29H25ClKN3O6. The van der Waals surface area contributed by atoms with Crippen LogP contribution in [-0.2, 0) is 11.2 Å². The number of carbonyl (C=O) groups excluding carboxylic acids is 2. The molecule has 1 aromatic heterocycles. The van der Waals surface area contributed by atoms with Gasteiger partial charge < -0.3 is 15.2 Å². The Bertz CT molecular complexity index is 1610. The molecule has 0 bridgehead atoms. The Labute approximate surface area is 277 Å². The maximum atomic E-state index is 13.5. The molecule has 1 atom stereocenters. The summed E-state index contributed by atoms with van der Waals surface area (Å²) in [5, 5.41) is 16.6. The van der Waals surface area contributed by atoms with Crippen molar-refractivity contribution < 1.29 is 24.2 Å². The molecule has 0 radical (unpaired) electrons. The van der Waals surface area contributed by atoms with Crippen molar-refractivity contribution in [3.05, 3.63) is 111 Å². The summed E-state index contributed by atoms with van der Waals surface area (Å²) in [4.78, 5) is 50.4. The van der Waals surface area contributed by atoms with Gasteiger partial charge in [0, 0.05) is 28.8 Å². The Morgan fingerprint density at radius 2 is 1.68 bits per heavy atom. The van der Waals surface area contributed by atoms with Gasteiger partial charge >= 0.3 is 57.4 Å². The molecule has 0 spiro atoms. The molecule has 0 fully saturated rings. The number of Topliss-reactive ketones (excluding diaryl/α,β-unsaturated/α-hetero) is 1. The average Bonchev–Trinajstić information content (AvgIpc) is 2.92. The van der Waals surface area contributed by atoms with Crippen molar-refractivity contribution in [2.24, 2.45) is 0 Å². The normalized spacial score (nSPS) is 11.2. The number of halogens is 1. The first-order valence-electron chi connectivity index (χ1n) is 11.8. The third-order valence-electron chi connectivity index (χ3n) is 6.04. The first-order valence-corrected chi connectivity index (χ1v) is 12.2. The monoisotopic (exact) mass is 585 g/mol. The summed E-state index contributed by atoms with van der Waals surface area (Å²) in [6.45, 7) is 1.40. The van der Waals surface area contributed by atoms with Gasteiger partial charge in [-0.3, -0.25) is 14.4 Å². The van der Waals surface area contributed by atoms with E-state index < -0.39 is 23.5 Å². The van der Waals surface area contributed by atoms with Gasteiger partial charge in [0.15, 0.2) is 5.78 Å².